The summed E-state index contributed by atoms with van der Waals surface area (Å²) < 4.78 is 5.26. The molecule has 0 aromatic heterocycles. The smallest absolute Gasteiger partial charge is 0.323 e. The van der Waals surface area contributed by atoms with Gasteiger partial charge in [0.2, 0.25) is 0 Å². The quantitative estimate of drug-likeness (QED) is 0.779. The van der Waals surface area contributed by atoms with Crippen LogP contribution >= 0.6 is 12.4 Å². The Morgan fingerprint density at radius 2 is 2.00 bits per heavy atom. The summed E-state index contributed by atoms with van der Waals surface area (Å²) in [7, 11) is 0. The van der Waals surface area contributed by atoms with Crippen LogP contribution < -0.4 is 0 Å². The minimum absolute atomic E-state index is 0. The molecule has 5 nitrogen and oxygen atoms in total. The van der Waals surface area contributed by atoms with Crippen molar-refractivity contribution in [3.05, 3.63) is 0 Å². The zero-order valence-electron chi connectivity index (χ0n) is 10.4. The number of hydrogen-bond donors (Lipinski definition) is 1. The lowest BCUT2D eigenvalue weighted by Gasteiger charge is -2.26. The lowest BCUT2D eigenvalue weighted by atomic mass is 10.1. The van der Waals surface area contributed by atoms with Gasteiger partial charge < -0.3 is 9.84 Å². The van der Waals surface area contributed by atoms with Crippen LogP contribution in [-0.4, -0.2) is 46.7 Å². The highest BCUT2D eigenvalue weighted by atomic mass is 35.5. The topological polar surface area (TPSA) is 66.8 Å². The van der Waals surface area contributed by atoms with E-state index in [1.54, 1.807) is 25.7 Å². The van der Waals surface area contributed by atoms with Crippen LogP contribution in [0.25, 0.3) is 0 Å². The number of carboxylic acids is 1. The molecule has 0 spiro atoms. The van der Waals surface area contributed by atoms with Gasteiger partial charge in [0.1, 0.15) is 11.6 Å². The SMILES string of the molecule is CC(C)(C)OC(=O)C1CCCN1CC(=O)O.Cl. The molecule has 0 amide bonds. The molecule has 1 saturated heterocycles. The number of rotatable bonds is 3. The molecule has 1 aliphatic rings. The summed E-state index contributed by atoms with van der Waals surface area (Å²) in [5.74, 6) is -1.22. The predicted molar refractivity (Wildman–Crippen MR) is 65.3 cm³/mol. The van der Waals surface area contributed by atoms with Gasteiger partial charge in [-0.25, -0.2) is 0 Å². The molecule has 0 aliphatic carbocycles. The van der Waals surface area contributed by atoms with E-state index in [2.05, 4.69) is 0 Å². The molecule has 0 bridgehead atoms. The number of halogens is 1. The van der Waals surface area contributed by atoms with E-state index >= 15 is 0 Å². The van der Waals surface area contributed by atoms with E-state index < -0.39 is 17.6 Å². The molecule has 1 heterocycles. The minimum Gasteiger partial charge on any atom is -0.480 e. The molecule has 0 saturated carbocycles. The Bertz CT molecular complexity index is 288. The zero-order chi connectivity index (χ0) is 12.3. The molecule has 0 radical (unpaired) electrons. The van der Waals surface area contributed by atoms with Gasteiger partial charge in [-0.15, -0.1) is 12.4 Å². The van der Waals surface area contributed by atoms with Crippen LogP contribution in [0.4, 0.5) is 0 Å². The van der Waals surface area contributed by atoms with E-state index in [0.717, 1.165) is 6.42 Å². The van der Waals surface area contributed by atoms with Crippen molar-refractivity contribution >= 4 is 24.3 Å². The Morgan fingerprint density at radius 3 is 2.47 bits per heavy atom. The highest BCUT2D eigenvalue weighted by Crippen LogP contribution is 2.20. The maximum atomic E-state index is 11.8. The van der Waals surface area contributed by atoms with Gasteiger partial charge in [-0.05, 0) is 40.2 Å². The molecule has 1 unspecified atom stereocenters. The third kappa shape index (κ3) is 5.37. The summed E-state index contributed by atoms with van der Waals surface area (Å²) in [5.41, 5.74) is -0.519. The third-order valence-corrected chi connectivity index (χ3v) is 2.38. The van der Waals surface area contributed by atoms with E-state index in [0.29, 0.717) is 13.0 Å². The van der Waals surface area contributed by atoms with Crippen LogP contribution in [0, 0.1) is 0 Å². The Labute approximate surface area is 108 Å². The summed E-state index contributed by atoms with van der Waals surface area (Å²) in [6, 6.07) is -0.393. The normalized spacial score (nSPS) is 20.8. The lowest BCUT2D eigenvalue weighted by Crippen LogP contribution is -2.42. The molecule has 0 aromatic rings. The average molecular weight is 266 g/mol. The van der Waals surface area contributed by atoms with Crippen LogP contribution in [0.5, 0.6) is 0 Å². The Balaban J connectivity index is 0.00000256. The summed E-state index contributed by atoms with van der Waals surface area (Å²) in [6.07, 6.45) is 1.53. The van der Waals surface area contributed by atoms with Crippen molar-refractivity contribution in [1.29, 1.82) is 0 Å². The first-order valence-corrected chi connectivity index (χ1v) is 5.48. The second-order valence-electron chi connectivity index (χ2n) is 5.06. The van der Waals surface area contributed by atoms with Crippen LogP contribution in [0.15, 0.2) is 0 Å². The van der Waals surface area contributed by atoms with E-state index in [4.69, 9.17) is 9.84 Å². The van der Waals surface area contributed by atoms with E-state index in [1.807, 2.05) is 0 Å². The first-order valence-electron chi connectivity index (χ1n) is 5.48. The van der Waals surface area contributed by atoms with Gasteiger partial charge in [-0.2, -0.15) is 0 Å². The number of esters is 1. The molecular formula is C11H20ClNO4. The van der Waals surface area contributed by atoms with Gasteiger partial charge in [-0.3, -0.25) is 14.5 Å². The number of carboxylic acid groups (broad SMARTS) is 1. The molecule has 1 N–H and O–H groups in total. The summed E-state index contributed by atoms with van der Waals surface area (Å²) >= 11 is 0. The molecule has 0 aromatic carbocycles. The van der Waals surface area contributed by atoms with Crippen molar-refractivity contribution < 1.29 is 19.4 Å². The number of hydrogen-bond acceptors (Lipinski definition) is 4. The first kappa shape index (κ1) is 16.2. The van der Waals surface area contributed by atoms with Gasteiger partial charge >= 0.3 is 11.9 Å². The summed E-state index contributed by atoms with van der Waals surface area (Å²) in [5, 5.41) is 8.71. The second-order valence-corrected chi connectivity index (χ2v) is 5.06. The van der Waals surface area contributed by atoms with E-state index in [1.165, 1.54) is 0 Å². The maximum absolute atomic E-state index is 11.8. The van der Waals surface area contributed by atoms with Crippen molar-refractivity contribution in [3.8, 4) is 0 Å². The van der Waals surface area contributed by atoms with Crippen molar-refractivity contribution in [2.75, 3.05) is 13.1 Å². The highest BCUT2D eigenvalue weighted by molar-refractivity contribution is 5.85. The lowest BCUT2D eigenvalue weighted by molar-refractivity contribution is -0.160. The number of likely N-dealkylation sites (tertiary alicyclic amines) is 1. The van der Waals surface area contributed by atoms with Crippen LogP contribution in [0.1, 0.15) is 33.6 Å². The average Bonchev–Trinajstić information content (AvgIpc) is 2.47. The first-order chi connectivity index (χ1) is 7.29. The maximum Gasteiger partial charge on any atom is 0.323 e. The highest BCUT2D eigenvalue weighted by Gasteiger charge is 2.34. The molecule has 17 heavy (non-hydrogen) atoms. The second kappa shape index (κ2) is 6.21. The Morgan fingerprint density at radius 1 is 1.41 bits per heavy atom. The molecule has 1 fully saturated rings. The fourth-order valence-electron chi connectivity index (χ4n) is 1.83. The fraction of sp³-hybridized carbons (Fsp3) is 0.818. The predicted octanol–water partition coefficient (Wildman–Crippen LogP) is 1.30. The largest absolute Gasteiger partial charge is 0.480 e. The van der Waals surface area contributed by atoms with Gasteiger partial charge in [0.15, 0.2) is 0 Å². The third-order valence-electron chi connectivity index (χ3n) is 2.38. The van der Waals surface area contributed by atoms with Crippen molar-refractivity contribution in [2.45, 2.75) is 45.3 Å². The van der Waals surface area contributed by atoms with Crippen molar-refractivity contribution in [3.63, 3.8) is 0 Å². The molecule has 1 aliphatic heterocycles. The van der Waals surface area contributed by atoms with Gasteiger partial charge in [0.05, 0.1) is 6.54 Å². The van der Waals surface area contributed by atoms with Gasteiger partial charge in [0, 0.05) is 0 Å². The molecule has 6 heteroatoms. The molecule has 100 valence electrons. The fourth-order valence-corrected chi connectivity index (χ4v) is 1.83. The number of carbonyl (C=O) groups is 2. The molecule has 1 rings (SSSR count). The van der Waals surface area contributed by atoms with Gasteiger partial charge in [0.25, 0.3) is 0 Å². The Kier molecular flexibility index (Phi) is 5.92. The van der Waals surface area contributed by atoms with E-state index in [9.17, 15) is 9.59 Å². The zero-order valence-corrected chi connectivity index (χ0v) is 11.2. The van der Waals surface area contributed by atoms with Crippen LogP contribution in [0.3, 0.4) is 0 Å². The number of nitrogens with zero attached hydrogens (tertiary/aromatic N) is 1. The minimum atomic E-state index is -0.907. The standard InChI is InChI=1S/C11H19NO4.ClH/c1-11(2,3)16-10(15)8-5-4-6-12(8)7-9(13)14;/h8H,4-7H2,1-3H3,(H,13,14);1H. The van der Waals surface area contributed by atoms with Crippen molar-refractivity contribution in [1.82, 2.24) is 4.90 Å². The summed E-state index contributed by atoms with van der Waals surface area (Å²) in [6.45, 7) is 5.98. The van der Waals surface area contributed by atoms with Crippen molar-refractivity contribution in [2.24, 2.45) is 0 Å². The monoisotopic (exact) mass is 265 g/mol. The number of aliphatic carboxylic acids is 1. The molecule has 1 atom stereocenters. The number of carbonyl (C=O) groups excluding carboxylic acids is 1. The Hall–Kier alpha value is -0.810. The van der Waals surface area contributed by atoms with Crippen LogP contribution in [-0.2, 0) is 14.3 Å². The van der Waals surface area contributed by atoms with Crippen LogP contribution in [0.2, 0.25) is 0 Å². The van der Waals surface area contributed by atoms with Gasteiger partial charge in [-0.1, -0.05) is 0 Å². The van der Waals surface area contributed by atoms with E-state index in [-0.39, 0.29) is 24.9 Å². The molecular weight excluding hydrogens is 246 g/mol. The number of ether oxygens (including phenoxy) is 1. The summed E-state index contributed by atoms with van der Waals surface area (Å²) in [4.78, 5) is 24.1.